The second kappa shape index (κ2) is 15.9. The first-order chi connectivity index (χ1) is 19.7. The topological polar surface area (TPSA) is 208 Å². The molecule has 0 unspecified atom stereocenters. The number of likely N-dealkylation sites (tertiary alicyclic amines) is 1. The third-order valence-corrected chi connectivity index (χ3v) is 7.22. The predicted molar refractivity (Wildman–Crippen MR) is 153 cm³/mol. The van der Waals surface area contributed by atoms with Gasteiger partial charge in [-0.3, -0.25) is 24.0 Å². The molecule has 13 nitrogen and oxygen atoms in total. The molecule has 1 saturated heterocycles. The molecule has 0 saturated carbocycles. The Morgan fingerprint density at radius 1 is 0.905 bits per heavy atom. The van der Waals surface area contributed by atoms with Crippen LogP contribution in [-0.4, -0.2) is 87.4 Å². The predicted octanol–water partition coefficient (Wildman–Crippen LogP) is 0.263. The molecule has 0 aliphatic carbocycles. The molecule has 1 aromatic carbocycles. The number of aliphatic carboxylic acids is 2. The molecule has 13 heteroatoms. The molecule has 0 bridgehead atoms. The van der Waals surface area contributed by atoms with E-state index in [9.17, 15) is 33.9 Å². The van der Waals surface area contributed by atoms with Gasteiger partial charge >= 0.3 is 11.9 Å². The van der Waals surface area contributed by atoms with E-state index in [2.05, 4.69) is 16.0 Å². The molecule has 1 aliphatic heterocycles. The summed E-state index contributed by atoms with van der Waals surface area (Å²) in [5.74, 6) is -5.43. The number of rotatable bonds is 15. The van der Waals surface area contributed by atoms with Crippen LogP contribution < -0.4 is 21.7 Å². The zero-order valence-electron chi connectivity index (χ0n) is 24.5. The van der Waals surface area contributed by atoms with E-state index in [0.29, 0.717) is 12.8 Å². The molecule has 42 heavy (non-hydrogen) atoms. The number of hydrogen-bond acceptors (Lipinski definition) is 7. The molecule has 5 atom stereocenters. The number of nitrogens with zero attached hydrogens (tertiary/aromatic N) is 1. The molecule has 2 rings (SSSR count). The minimum atomic E-state index is -1.19. The van der Waals surface area contributed by atoms with Crippen molar-refractivity contribution in [2.75, 3.05) is 6.54 Å². The Kier molecular flexibility index (Phi) is 12.9. The lowest BCUT2D eigenvalue weighted by Gasteiger charge is -2.32. The van der Waals surface area contributed by atoms with Gasteiger partial charge in [-0.05, 0) is 36.7 Å². The fourth-order valence-electron chi connectivity index (χ4n) is 4.76. The maximum absolute atomic E-state index is 13.7. The van der Waals surface area contributed by atoms with Gasteiger partial charge in [0.15, 0.2) is 0 Å². The average Bonchev–Trinajstić information content (AvgIpc) is 3.42. The molecule has 1 aromatic rings. The number of hydrogen-bond donors (Lipinski definition) is 6. The fraction of sp³-hybridized carbons (Fsp3) is 0.586. The Balaban J connectivity index is 2.12. The van der Waals surface area contributed by atoms with E-state index in [4.69, 9.17) is 10.8 Å². The van der Waals surface area contributed by atoms with Crippen molar-refractivity contribution in [1.82, 2.24) is 20.9 Å². The highest BCUT2D eigenvalue weighted by molar-refractivity contribution is 5.96. The summed E-state index contributed by atoms with van der Waals surface area (Å²) in [7, 11) is 0. The Morgan fingerprint density at radius 2 is 1.50 bits per heavy atom. The van der Waals surface area contributed by atoms with E-state index in [1.807, 2.05) is 0 Å². The summed E-state index contributed by atoms with van der Waals surface area (Å²) in [6, 6.07) is 3.60. The van der Waals surface area contributed by atoms with Crippen LogP contribution in [0, 0.1) is 11.8 Å². The molecular formula is C29H43N5O8. The Hall–Kier alpha value is -4.00. The summed E-state index contributed by atoms with van der Waals surface area (Å²) in [6.45, 7) is 7.14. The third-order valence-electron chi connectivity index (χ3n) is 7.22. The number of benzene rings is 1. The molecule has 1 aliphatic rings. The van der Waals surface area contributed by atoms with Crippen LogP contribution in [0.15, 0.2) is 30.3 Å². The zero-order chi connectivity index (χ0) is 31.6. The van der Waals surface area contributed by atoms with Crippen LogP contribution >= 0.6 is 0 Å². The molecule has 232 valence electrons. The number of carbonyl (C=O) groups excluding carboxylic acids is 4. The molecule has 0 aromatic heterocycles. The third kappa shape index (κ3) is 9.82. The van der Waals surface area contributed by atoms with Gasteiger partial charge in [-0.2, -0.15) is 0 Å². The Morgan fingerprint density at radius 3 is 2.05 bits per heavy atom. The summed E-state index contributed by atoms with van der Waals surface area (Å²) in [6.07, 6.45) is 0.536. The van der Waals surface area contributed by atoms with Crippen molar-refractivity contribution in [3.8, 4) is 0 Å². The summed E-state index contributed by atoms with van der Waals surface area (Å²) >= 11 is 0. The van der Waals surface area contributed by atoms with Gasteiger partial charge in [0.25, 0.3) is 0 Å². The quantitative estimate of drug-likeness (QED) is 0.166. The van der Waals surface area contributed by atoms with Crippen molar-refractivity contribution < 1.29 is 39.0 Å². The van der Waals surface area contributed by atoms with E-state index < -0.39 is 65.8 Å². The van der Waals surface area contributed by atoms with Crippen LogP contribution in [0.2, 0.25) is 0 Å². The lowest BCUT2D eigenvalue weighted by Crippen LogP contribution is -2.60. The smallest absolute Gasteiger partial charge is 0.326 e. The first-order valence-electron chi connectivity index (χ1n) is 14.2. The van der Waals surface area contributed by atoms with Gasteiger partial charge in [0.1, 0.15) is 24.2 Å². The summed E-state index contributed by atoms with van der Waals surface area (Å²) in [4.78, 5) is 76.8. The van der Waals surface area contributed by atoms with Gasteiger partial charge in [-0.15, -0.1) is 0 Å². The molecule has 1 fully saturated rings. The number of nitrogens with one attached hydrogen (secondary N) is 3. The number of nitrogens with two attached hydrogens (primary N) is 1. The molecular weight excluding hydrogens is 546 g/mol. The number of amides is 4. The minimum Gasteiger partial charge on any atom is -0.481 e. The van der Waals surface area contributed by atoms with E-state index >= 15 is 0 Å². The first-order valence-corrected chi connectivity index (χ1v) is 14.2. The van der Waals surface area contributed by atoms with Crippen molar-refractivity contribution in [2.24, 2.45) is 17.6 Å². The molecule has 0 spiro atoms. The maximum Gasteiger partial charge on any atom is 0.326 e. The zero-order valence-corrected chi connectivity index (χ0v) is 24.5. The number of carboxylic acids is 2. The van der Waals surface area contributed by atoms with Crippen molar-refractivity contribution in [3.05, 3.63) is 35.9 Å². The van der Waals surface area contributed by atoms with E-state index in [1.54, 1.807) is 58.0 Å². The molecule has 4 amide bonds. The lowest BCUT2D eigenvalue weighted by molar-refractivity contribution is -0.145. The summed E-state index contributed by atoms with van der Waals surface area (Å²) < 4.78 is 0. The van der Waals surface area contributed by atoms with Crippen molar-refractivity contribution in [2.45, 2.75) is 90.0 Å². The second-order valence-electron chi connectivity index (χ2n) is 11.3. The highest BCUT2D eigenvalue weighted by Gasteiger charge is 2.40. The van der Waals surface area contributed by atoms with Crippen LogP contribution in [0.3, 0.4) is 0 Å². The van der Waals surface area contributed by atoms with Gasteiger partial charge in [-0.1, -0.05) is 58.0 Å². The molecule has 0 radical (unpaired) electrons. The van der Waals surface area contributed by atoms with Gasteiger partial charge in [0.2, 0.25) is 23.6 Å². The standard InChI is InChI=1S/C29H43N5O8/c1-16(2)23(32-25(37)19(30)12-13-22(35)36)27(39)33-24(17(3)4)28(40)34-14-8-11-21(34)26(38)31-20(29(41)42)15-18-9-6-5-7-10-18/h5-7,9-10,16-17,19-21,23-24H,8,11-15,30H2,1-4H3,(H,31,38)(H,32,37)(H,33,39)(H,35,36)(H,41,42)/t19-,20-,21-,23-,24-/m0/s1. The fourth-order valence-corrected chi connectivity index (χ4v) is 4.76. The first kappa shape index (κ1) is 34.2. The van der Waals surface area contributed by atoms with Gasteiger partial charge in [0.05, 0.1) is 6.04 Å². The van der Waals surface area contributed by atoms with Crippen LogP contribution in [0.1, 0.15) is 58.9 Å². The van der Waals surface area contributed by atoms with E-state index in [1.165, 1.54) is 4.90 Å². The van der Waals surface area contributed by atoms with Crippen molar-refractivity contribution in [1.29, 1.82) is 0 Å². The van der Waals surface area contributed by atoms with E-state index in [-0.39, 0.29) is 37.6 Å². The van der Waals surface area contributed by atoms with Crippen LogP contribution in [0.4, 0.5) is 0 Å². The van der Waals surface area contributed by atoms with Gasteiger partial charge in [-0.25, -0.2) is 4.79 Å². The largest absolute Gasteiger partial charge is 0.481 e. The Bertz CT molecular complexity index is 1130. The van der Waals surface area contributed by atoms with Crippen molar-refractivity contribution in [3.63, 3.8) is 0 Å². The van der Waals surface area contributed by atoms with Crippen molar-refractivity contribution >= 4 is 35.6 Å². The average molecular weight is 590 g/mol. The van der Waals surface area contributed by atoms with Gasteiger partial charge in [0, 0.05) is 19.4 Å². The molecule has 1 heterocycles. The van der Waals surface area contributed by atoms with Crippen LogP contribution in [0.25, 0.3) is 0 Å². The second-order valence-corrected chi connectivity index (χ2v) is 11.3. The number of carboxylic acid groups (broad SMARTS) is 2. The summed E-state index contributed by atoms with van der Waals surface area (Å²) in [5, 5.41) is 26.4. The number of carbonyl (C=O) groups is 6. The van der Waals surface area contributed by atoms with Crippen LogP contribution in [-0.2, 0) is 35.2 Å². The van der Waals surface area contributed by atoms with Crippen LogP contribution in [0.5, 0.6) is 0 Å². The summed E-state index contributed by atoms with van der Waals surface area (Å²) in [5.41, 5.74) is 6.53. The highest BCUT2D eigenvalue weighted by atomic mass is 16.4. The maximum atomic E-state index is 13.7. The SMILES string of the molecule is CC(C)[C@H](NC(=O)[C@@H](N)CCC(=O)O)C(=O)N[C@H](C(=O)N1CCC[C@H]1C(=O)N[C@@H](Cc1ccccc1)C(=O)O)C(C)C. The highest BCUT2D eigenvalue weighted by Crippen LogP contribution is 2.21. The Labute approximate surface area is 245 Å². The van der Waals surface area contributed by atoms with E-state index in [0.717, 1.165) is 5.56 Å². The monoisotopic (exact) mass is 589 g/mol. The molecule has 7 N–H and O–H groups in total. The lowest BCUT2D eigenvalue weighted by atomic mass is 9.98. The van der Waals surface area contributed by atoms with Gasteiger partial charge < -0.3 is 36.8 Å². The minimum absolute atomic E-state index is 0.0789. The normalized spacial score (nSPS) is 17.7.